The first-order valence-electron chi connectivity index (χ1n) is 10.0. The normalized spacial score (nSPS) is 14.7. The lowest BCUT2D eigenvalue weighted by Crippen LogP contribution is -2.33. The largest absolute Gasteiger partial charge is 0.488 e. The molecule has 4 rings (SSSR count). The number of rotatable bonds is 7. The summed E-state index contributed by atoms with van der Waals surface area (Å²) in [6.07, 6.45) is 1.58. The van der Waals surface area contributed by atoms with Crippen LogP contribution in [0.4, 0.5) is 4.79 Å². The highest BCUT2D eigenvalue weighted by Crippen LogP contribution is 2.34. The van der Waals surface area contributed by atoms with Gasteiger partial charge in [0, 0.05) is 31.8 Å². The fraction of sp³-hybridized carbons (Fsp3) is 0.0800. The molecule has 3 aromatic carbocycles. The number of nitrogens with zero attached hydrogens (tertiary/aromatic N) is 1. The van der Waals surface area contributed by atoms with Gasteiger partial charge in [0.2, 0.25) is 0 Å². The van der Waals surface area contributed by atoms with Crippen molar-refractivity contribution in [3.63, 3.8) is 0 Å². The Morgan fingerprint density at radius 2 is 1.65 bits per heavy atom. The second kappa shape index (κ2) is 10.7. The fourth-order valence-electron chi connectivity index (χ4n) is 3.17. The Morgan fingerprint density at radius 3 is 2.38 bits per heavy atom. The zero-order valence-corrected chi connectivity index (χ0v) is 20.5. The topological polar surface area (TPSA) is 63.7 Å². The van der Waals surface area contributed by atoms with E-state index in [0.29, 0.717) is 31.9 Å². The van der Waals surface area contributed by atoms with E-state index in [1.807, 2.05) is 0 Å². The first-order chi connectivity index (χ1) is 16.3. The molecule has 3 aromatic rings. The number of carbonyl (C=O) groups is 3. The first kappa shape index (κ1) is 24.4. The van der Waals surface area contributed by atoms with Crippen LogP contribution in [0, 0.1) is 0 Å². The minimum Gasteiger partial charge on any atom is -0.488 e. The summed E-state index contributed by atoms with van der Waals surface area (Å²) in [5.41, 5.74) is 1.73. The average molecular weight is 533 g/mol. The summed E-state index contributed by atoms with van der Waals surface area (Å²) < 4.78 is 5.92. The zero-order chi connectivity index (χ0) is 24.2. The van der Waals surface area contributed by atoms with Gasteiger partial charge in [-0.3, -0.25) is 19.3 Å². The van der Waals surface area contributed by atoms with Gasteiger partial charge in [0.1, 0.15) is 12.4 Å². The van der Waals surface area contributed by atoms with Crippen LogP contribution in [-0.2, 0) is 11.4 Å². The molecular formula is C25H16Cl3NO4S. The lowest BCUT2D eigenvalue weighted by atomic mass is 10.1. The number of benzene rings is 3. The van der Waals surface area contributed by atoms with Crippen LogP contribution in [0.15, 0.2) is 71.6 Å². The SMILES string of the molecule is O=C(CN1C(=O)S/C(=C/c2ccccc2OCc2ccc(Cl)cc2Cl)C1=O)c1ccc(Cl)cc1. The maximum Gasteiger partial charge on any atom is 0.293 e. The Morgan fingerprint density at radius 1 is 0.941 bits per heavy atom. The van der Waals surface area contributed by atoms with E-state index in [9.17, 15) is 14.4 Å². The van der Waals surface area contributed by atoms with Gasteiger partial charge in [-0.15, -0.1) is 0 Å². The summed E-state index contributed by atoms with van der Waals surface area (Å²) in [5.74, 6) is -0.380. The highest BCUT2D eigenvalue weighted by atomic mass is 35.5. The molecule has 172 valence electrons. The number of Topliss-reactive ketones (excluding diaryl/α,β-unsaturated/α-hetero) is 1. The number of amides is 2. The van der Waals surface area contributed by atoms with Gasteiger partial charge in [-0.1, -0.05) is 59.1 Å². The molecule has 34 heavy (non-hydrogen) atoms. The maximum absolute atomic E-state index is 12.9. The van der Waals surface area contributed by atoms with E-state index in [1.165, 1.54) is 0 Å². The highest BCUT2D eigenvalue weighted by Gasteiger charge is 2.36. The molecule has 0 aromatic heterocycles. The lowest BCUT2D eigenvalue weighted by molar-refractivity contribution is -0.122. The van der Waals surface area contributed by atoms with Crippen LogP contribution >= 0.6 is 46.6 Å². The number of hydrogen-bond donors (Lipinski definition) is 0. The number of ketones is 1. The van der Waals surface area contributed by atoms with Crippen molar-refractivity contribution in [2.75, 3.05) is 6.54 Å². The molecule has 0 radical (unpaired) electrons. The fourth-order valence-corrected chi connectivity index (χ4v) is 4.59. The molecule has 0 saturated carbocycles. The predicted molar refractivity (Wildman–Crippen MR) is 136 cm³/mol. The van der Waals surface area contributed by atoms with E-state index >= 15 is 0 Å². The Labute approximate surface area is 215 Å². The van der Waals surface area contributed by atoms with Crippen molar-refractivity contribution in [3.05, 3.63) is 103 Å². The number of ether oxygens (including phenoxy) is 1. The molecule has 0 unspecified atom stereocenters. The van der Waals surface area contributed by atoms with Crippen molar-refractivity contribution in [2.24, 2.45) is 0 Å². The Kier molecular flexibility index (Phi) is 7.63. The molecule has 2 amide bonds. The minimum atomic E-state index is -0.534. The average Bonchev–Trinajstić information content (AvgIpc) is 3.07. The third-order valence-corrected chi connectivity index (χ3v) is 6.69. The van der Waals surface area contributed by atoms with E-state index in [2.05, 4.69) is 0 Å². The van der Waals surface area contributed by atoms with E-state index in [-0.39, 0.29) is 23.8 Å². The van der Waals surface area contributed by atoms with Crippen LogP contribution in [0.3, 0.4) is 0 Å². The molecule has 0 N–H and O–H groups in total. The van der Waals surface area contributed by atoms with Crippen molar-refractivity contribution in [2.45, 2.75) is 6.61 Å². The molecule has 0 spiro atoms. The molecule has 0 aliphatic carbocycles. The van der Waals surface area contributed by atoms with Crippen LogP contribution in [0.2, 0.25) is 15.1 Å². The summed E-state index contributed by atoms with van der Waals surface area (Å²) in [6, 6.07) is 18.5. The van der Waals surface area contributed by atoms with E-state index in [0.717, 1.165) is 22.2 Å². The molecular weight excluding hydrogens is 517 g/mol. The van der Waals surface area contributed by atoms with Crippen molar-refractivity contribution in [1.82, 2.24) is 4.90 Å². The van der Waals surface area contributed by atoms with Crippen LogP contribution < -0.4 is 4.74 Å². The Hall–Kier alpha value is -2.77. The summed E-state index contributed by atoms with van der Waals surface area (Å²) >= 11 is 18.8. The summed E-state index contributed by atoms with van der Waals surface area (Å²) in [5, 5.41) is 0.991. The highest BCUT2D eigenvalue weighted by molar-refractivity contribution is 8.18. The van der Waals surface area contributed by atoms with E-state index in [1.54, 1.807) is 72.8 Å². The van der Waals surface area contributed by atoms with Crippen molar-refractivity contribution >= 4 is 69.6 Å². The maximum atomic E-state index is 12.9. The smallest absolute Gasteiger partial charge is 0.293 e. The van der Waals surface area contributed by atoms with Gasteiger partial charge in [-0.25, -0.2) is 0 Å². The van der Waals surface area contributed by atoms with Crippen molar-refractivity contribution in [3.8, 4) is 5.75 Å². The number of para-hydroxylation sites is 1. The molecule has 9 heteroatoms. The van der Waals surface area contributed by atoms with Gasteiger partial charge in [0.15, 0.2) is 5.78 Å². The Bertz CT molecular complexity index is 1310. The summed E-state index contributed by atoms with van der Waals surface area (Å²) in [7, 11) is 0. The molecule has 1 fully saturated rings. The number of hydrogen-bond acceptors (Lipinski definition) is 5. The van der Waals surface area contributed by atoms with Crippen molar-refractivity contribution in [1.29, 1.82) is 0 Å². The lowest BCUT2D eigenvalue weighted by Gasteiger charge is -2.12. The van der Waals surface area contributed by atoms with Gasteiger partial charge < -0.3 is 4.74 Å². The number of imide groups is 1. The first-order valence-corrected chi connectivity index (χ1v) is 12.0. The van der Waals surface area contributed by atoms with Crippen molar-refractivity contribution < 1.29 is 19.1 Å². The Balaban J connectivity index is 1.49. The zero-order valence-electron chi connectivity index (χ0n) is 17.5. The quantitative estimate of drug-likeness (QED) is 0.239. The third-order valence-electron chi connectivity index (χ3n) is 4.95. The molecule has 1 aliphatic heterocycles. The van der Waals surface area contributed by atoms with Gasteiger partial charge >= 0.3 is 0 Å². The van der Waals surface area contributed by atoms with Crippen LogP contribution in [0.5, 0.6) is 5.75 Å². The molecule has 1 saturated heterocycles. The monoisotopic (exact) mass is 531 g/mol. The standard InChI is InChI=1S/C25H16Cl3NO4S/c26-18-8-5-15(6-9-18)21(30)13-29-24(31)23(34-25(29)32)11-16-3-1-2-4-22(16)33-14-17-7-10-19(27)12-20(17)28/h1-12H,13-14H2/b23-11+. The van der Waals surface area contributed by atoms with Crippen LogP contribution in [0.1, 0.15) is 21.5 Å². The minimum absolute atomic E-state index is 0.192. The molecule has 0 atom stereocenters. The second-order valence-electron chi connectivity index (χ2n) is 7.26. The van der Waals surface area contributed by atoms with Crippen LogP contribution in [-0.4, -0.2) is 28.4 Å². The van der Waals surface area contributed by atoms with Gasteiger partial charge in [0.05, 0.1) is 11.4 Å². The molecule has 0 bridgehead atoms. The number of halogens is 3. The van der Waals surface area contributed by atoms with E-state index in [4.69, 9.17) is 39.5 Å². The summed E-state index contributed by atoms with van der Waals surface area (Å²) in [6.45, 7) is -0.158. The molecule has 1 heterocycles. The van der Waals surface area contributed by atoms with Crippen LogP contribution in [0.25, 0.3) is 6.08 Å². The summed E-state index contributed by atoms with van der Waals surface area (Å²) in [4.78, 5) is 39.0. The van der Waals surface area contributed by atoms with Gasteiger partial charge in [-0.2, -0.15) is 0 Å². The molecule has 1 aliphatic rings. The third kappa shape index (κ3) is 5.65. The second-order valence-corrected chi connectivity index (χ2v) is 9.53. The van der Waals surface area contributed by atoms with Gasteiger partial charge in [-0.05, 0) is 60.3 Å². The van der Waals surface area contributed by atoms with E-state index < -0.39 is 11.1 Å². The van der Waals surface area contributed by atoms with Gasteiger partial charge in [0.25, 0.3) is 11.1 Å². The molecule has 5 nitrogen and oxygen atoms in total. The predicted octanol–water partition coefficient (Wildman–Crippen LogP) is 7.15. The number of thioether (sulfide) groups is 1. The number of carbonyl (C=O) groups excluding carboxylic acids is 3.